The number of rotatable bonds is 6. The average molecular weight is 307 g/mol. The quantitative estimate of drug-likeness (QED) is 0.854. The molecule has 1 aliphatic heterocycles. The van der Waals surface area contributed by atoms with Crippen LogP contribution in [0, 0.1) is 6.92 Å². The Labute approximate surface area is 128 Å². The van der Waals surface area contributed by atoms with Gasteiger partial charge in [0, 0.05) is 13.0 Å². The fourth-order valence-corrected chi connectivity index (χ4v) is 2.73. The molecule has 8 heteroatoms. The standard InChI is InChI=1S/C14H21N5O3/c1-3-4-5-13-16-12(18-21-13)8-19-7-10(20)6-11(19)14-15-9(2)17-22-14/h10-11,20H,3-8H2,1-2H3/t10-,11-/m1/s1. The molecule has 2 aromatic heterocycles. The molecule has 1 aliphatic rings. The summed E-state index contributed by atoms with van der Waals surface area (Å²) in [5, 5.41) is 17.8. The minimum Gasteiger partial charge on any atom is -0.392 e. The van der Waals surface area contributed by atoms with E-state index in [4.69, 9.17) is 9.05 Å². The van der Waals surface area contributed by atoms with E-state index in [0.717, 1.165) is 19.3 Å². The van der Waals surface area contributed by atoms with Gasteiger partial charge in [0.2, 0.25) is 11.8 Å². The maximum atomic E-state index is 9.94. The summed E-state index contributed by atoms with van der Waals surface area (Å²) in [5.74, 6) is 2.42. The number of aliphatic hydroxyl groups excluding tert-OH is 1. The normalized spacial score (nSPS) is 22.5. The second-order valence-electron chi connectivity index (χ2n) is 5.72. The van der Waals surface area contributed by atoms with Crippen molar-refractivity contribution in [2.45, 2.75) is 58.2 Å². The highest BCUT2D eigenvalue weighted by Gasteiger charge is 2.36. The van der Waals surface area contributed by atoms with Gasteiger partial charge in [0.25, 0.3) is 0 Å². The van der Waals surface area contributed by atoms with E-state index in [1.165, 1.54) is 0 Å². The number of aliphatic hydroxyl groups is 1. The Bertz CT molecular complexity index is 611. The van der Waals surface area contributed by atoms with E-state index in [1.807, 2.05) is 4.90 Å². The van der Waals surface area contributed by atoms with Crippen molar-refractivity contribution in [1.82, 2.24) is 25.2 Å². The molecule has 1 saturated heterocycles. The van der Waals surface area contributed by atoms with Crippen molar-refractivity contribution in [3.8, 4) is 0 Å². The first-order valence-electron chi connectivity index (χ1n) is 7.69. The van der Waals surface area contributed by atoms with Crippen LogP contribution < -0.4 is 0 Å². The molecule has 0 aromatic carbocycles. The third-order valence-corrected chi connectivity index (χ3v) is 3.81. The topological polar surface area (TPSA) is 101 Å². The second kappa shape index (κ2) is 6.53. The Balaban J connectivity index is 1.68. The van der Waals surface area contributed by atoms with E-state index < -0.39 is 6.10 Å². The number of aryl methyl sites for hydroxylation is 2. The van der Waals surface area contributed by atoms with Gasteiger partial charge in [0.1, 0.15) is 0 Å². The van der Waals surface area contributed by atoms with Gasteiger partial charge in [-0.15, -0.1) is 0 Å². The minimum atomic E-state index is -0.413. The maximum absolute atomic E-state index is 9.94. The van der Waals surface area contributed by atoms with E-state index in [1.54, 1.807) is 6.92 Å². The summed E-state index contributed by atoms with van der Waals surface area (Å²) in [5.41, 5.74) is 0. The van der Waals surface area contributed by atoms with Crippen LogP contribution in [0.25, 0.3) is 0 Å². The Morgan fingerprint density at radius 3 is 2.86 bits per heavy atom. The lowest BCUT2D eigenvalue weighted by Crippen LogP contribution is -2.25. The molecule has 3 rings (SSSR count). The molecule has 0 radical (unpaired) electrons. The molecule has 0 amide bonds. The molecule has 22 heavy (non-hydrogen) atoms. The molecular formula is C14H21N5O3. The van der Waals surface area contributed by atoms with Gasteiger partial charge < -0.3 is 14.2 Å². The number of β-amino-alcohol motifs (C(OH)–C–C–N with tert-alkyl or cyclic N) is 1. The Morgan fingerprint density at radius 2 is 2.14 bits per heavy atom. The van der Waals surface area contributed by atoms with Crippen molar-refractivity contribution in [2.24, 2.45) is 0 Å². The highest BCUT2D eigenvalue weighted by molar-refractivity contribution is 5.00. The summed E-state index contributed by atoms with van der Waals surface area (Å²) in [6, 6.07) is -0.103. The Hall–Kier alpha value is -1.80. The molecule has 2 aromatic rings. The second-order valence-corrected chi connectivity index (χ2v) is 5.72. The molecule has 0 aliphatic carbocycles. The lowest BCUT2D eigenvalue weighted by atomic mass is 10.2. The molecule has 0 saturated carbocycles. The highest BCUT2D eigenvalue weighted by Crippen LogP contribution is 2.32. The molecule has 120 valence electrons. The van der Waals surface area contributed by atoms with E-state index >= 15 is 0 Å². The fourth-order valence-electron chi connectivity index (χ4n) is 2.73. The van der Waals surface area contributed by atoms with Gasteiger partial charge in [-0.25, -0.2) is 0 Å². The molecule has 1 fully saturated rings. The minimum absolute atomic E-state index is 0.103. The summed E-state index contributed by atoms with van der Waals surface area (Å²) in [6.45, 7) is 4.94. The van der Waals surface area contributed by atoms with Crippen molar-refractivity contribution in [3.63, 3.8) is 0 Å². The van der Waals surface area contributed by atoms with Crippen LogP contribution in [0.5, 0.6) is 0 Å². The molecular weight excluding hydrogens is 286 g/mol. The van der Waals surface area contributed by atoms with E-state index in [0.29, 0.717) is 42.9 Å². The third-order valence-electron chi connectivity index (χ3n) is 3.81. The van der Waals surface area contributed by atoms with Gasteiger partial charge in [-0.1, -0.05) is 23.7 Å². The maximum Gasteiger partial charge on any atom is 0.244 e. The number of hydrogen-bond donors (Lipinski definition) is 1. The Kier molecular flexibility index (Phi) is 4.49. The predicted molar refractivity (Wildman–Crippen MR) is 75.7 cm³/mol. The van der Waals surface area contributed by atoms with Crippen molar-refractivity contribution in [1.29, 1.82) is 0 Å². The van der Waals surface area contributed by atoms with Crippen molar-refractivity contribution in [2.75, 3.05) is 6.54 Å². The monoisotopic (exact) mass is 307 g/mol. The van der Waals surface area contributed by atoms with Gasteiger partial charge >= 0.3 is 0 Å². The van der Waals surface area contributed by atoms with E-state index in [9.17, 15) is 5.11 Å². The van der Waals surface area contributed by atoms with Gasteiger partial charge in [-0.3, -0.25) is 4.90 Å². The first-order valence-corrected chi connectivity index (χ1v) is 7.69. The molecule has 2 atom stereocenters. The predicted octanol–water partition coefficient (Wildman–Crippen LogP) is 1.41. The van der Waals surface area contributed by atoms with Gasteiger partial charge in [-0.2, -0.15) is 9.97 Å². The smallest absolute Gasteiger partial charge is 0.244 e. The van der Waals surface area contributed by atoms with Crippen LogP contribution in [0.1, 0.15) is 55.7 Å². The SMILES string of the molecule is CCCCc1nc(CN2C[C@H](O)C[C@@H]2c2nc(C)no2)no1. The molecule has 1 N–H and O–H groups in total. The number of nitrogens with zero attached hydrogens (tertiary/aromatic N) is 5. The van der Waals surface area contributed by atoms with Gasteiger partial charge in [-0.05, 0) is 19.8 Å². The molecule has 0 unspecified atom stereocenters. The number of likely N-dealkylation sites (tertiary alicyclic amines) is 1. The zero-order valence-corrected chi connectivity index (χ0v) is 12.9. The summed E-state index contributed by atoms with van der Waals surface area (Å²) >= 11 is 0. The molecule has 8 nitrogen and oxygen atoms in total. The van der Waals surface area contributed by atoms with Crippen molar-refractivity contribution in [3.05, 3.63) is 23.4 Å². The molecule has 0 bridgehead atoms. The van der Waals surface area contributed by atoms with Crippen LogP contribution in [0.15, 0.2) is 9.05 Å². The summed E-state index contributed by atoms with van der Waals surface area (Å²) in [7, 11) is 0. The third kappa shape index (κ3) is 3.33. The van der Waals surface area contributed by atoms with Crippen LogP contribution in [-0.4, -0.2) is 42.9 Å². The first kappa shape index (κ1) is 15.1. The number of unbranched alkanes of at least 4 members (excludes halogenated alkanes) is 1. The molecule has 3 heterocycles. The number of hydrogen-bond acceptors (Lipinski definition) is 8. The van der Waals surface area contributed by atoms with E-state index in [2.05, 4.69) is 27.2 Å². The van der Waals surface area contributed by atoms with Gasteiger partial charge in [0.15, 0.2) is 11.6 Å². The molecule has 0 spiro atoms. The van der Waals surface area contributed by atoms with Crippen LogP contribution in [0.4, 0.5) is 0 Å². The van der Waals surface area contributed by atoms with Crippen LogP contribution in [0.3, 0.4) is 0 Å². The summed E-state index contributed by atoms with van der Waals surface area (Å²) in [6.07, 6.45) is 3.09. The largest absolute Gasteiger partial charge is 0.392 e. The van der Waals surface area contributed by atoms with E-state index in [-0.39, 0.29) is 6.04 Å². The van der Waals surface area contributed by atoms with Crippen molar-refractivity contribution >= 4 is 0 Å². The highest BCUT2D eigenvalue weighted by atomic mass is 16.5. The zero-order chi connectivity index (χ0) is 15.5. The van der Waals surface area contributed by atoms with Crippen LogP contribution in [-0.2, 0) is 13.0 Å². The number of aromatic nitrogens is 4. The average Bonchev–Trinajstić information content (AvgIpc) is 3.18. The lowest BCUT2D eigenvalue weighted by Gasteiger charge is -2.18. The first-order chi connectivity index (χ1) is 10.7. The Morgan fingerprint density at radius 1 is 1.27 bits per heavy atom. The fraction of sp³-hybridized carbons (Fsp3) is 0.714. The van der Waals surface area contributed by atoms with Gasteiger partial charge in [0.05, 0.1) is 18.7 Å². The van der Waals surface area contributed by atoms with Crippen LogP contribution in [0.2, 0.25) is 0 Å². The lowest BCUT2D eigenvalue weighted by molar-refractivity contribution is 0.166. The van der Waals surface area contributed by atoms with Crippen LogP contribution >= 0.6 is 0 Å². The zero-order valence-electron chi connectivity index (χ0n) is 12.9. The summed E-state index contributed by atoms with van der Waals surface area (Å²) in [4.78, 5) is 10.7. The summed E-state index contributed by atoms with van der Waals surface area (Å²) < 4.78 is 10.5. The van der Waals surface area contributed by atoms with Crippen molar-refractivity contribution < 1.29 is 14.2 Å².